The summed E-state index contributed by atoms with van der Waals surface area (Å²) in [4.78, 5) is 26.9. The monoisotopic (exact) mass is 460 g/mol. The second-order valence-corrected chi connectivity index (χ2v) is 11.5. The highest BCUT2D eigenvalue weighted by Crippen LogP contribution is 2.55. The minimum absolute atomic E-state index is 0.0463. The molecule has 2 fully saturated rings. The third-order valence-electron chi connectivity index (χ3n) is 8.28. The molecule has 2 aliphatic carbocycles. The minimum atomic E-state index is -1.21. The van der Waals surface area contributed by atoms with Gasteiger partial charge in [-0.3, -0.25) is 9.59 Å². The van der Waals surface area contributed by atoms with Gasteiger partial charge in [-0.2, -0.15) is 0 Å². The molecule has 6 heteroatoms. The fourth-order valence-corrected chi connectivity index (χ4v) is 5.70. The van der Waals surface area contributed by atoms with E-state index in [4.69, 9.17) is 4.74 Å². The van der Waals surface area contributed by atoms with Crippen molar-refractivity contribution in [2.45, 2.75) is 97.9 Å². The maximum absolute atomic E-state index is 13.7. The second kappa shape index (κ2) is 8.38. The molecule has 1 heterocycles. The zero-order chi connectivity index (χ0) is 25.1. The van der Waals surface area contributed by atoms with Crippen LogP contribution in [0.15, 0.2) is 34.8 Å². The van der Waals surface area contributed by atoms with Gasteiger partial charge in [0.15, 0.2) is 11.6 Å². The number of Topliss-reactive ketones (excluding diaryl/α,β-unsaturated/α-hetero) is 2. The Kier molecular flexibility index (Phi) is 6.53. The molecule has 6 nitrogen and oxygen atoms in total. The van der Waals surface area contributed by atoms with Gasteiger partial charge in [-0.1, -0.05) is 26.0 Å². The SMILES string of the molecule is C=C(C)[C@@H]1CC[C@@](C)(O)[C@H]1CC1=C2O[C@H](C(C)(C)O)C[C@]2(C)C(=O)C(C(=O)C(C)CC)=C1O. The summed E-state index contributed by atoms with van der Waals surface area (Å²) in [5.41, 5.74) is -2.17. The topological polar surface area (TPSA) is 104 Å². The Morgan fingerprint density at radius 2 is 1.94 bits per heavy atom. The molecule has 33 heavy (non-hydrogen) atoms. The van der Waals surface area contributed by atoms with Gasteiger partial charge in [-0.25, -0.2) is 0 Å². The van der Waals surface area contributed by atoms with E-state index in [1.54, 1.807) is 34.6 Å². The van der Waals surface area contributed by atoms with Gasteiger partial charge in [0.2, 0.25) is 0 Å². The van der Waals surface area contributed by atoms with Crippen molar-refractivity contribution in [2.24, 2.45) is 23.2 Å². The first kappa shape index (κ1) is 25.7. The van der Waals surface area contributed by atoms with Crippen LogP contribution in [0, 0.1) is 23.2 Å². The number of rotatable bonds is 7. The number of carbonyl (C=O) groups excluding carboxylic acids is 2. The quantitative estimate of drug-likeness (QED) is 0.380. The second-order valence-electron chi connectivity index (χ2n) is 11.5. The lowest BCUT2D eigenvalue weighted by Gasteiger charge is -2.35. The molecular formula is C27H40O6. The summed E-state index contributed by atoms with van der Waals surface area (Å²) in [6.07, 6.45) is 1.73. The maximum Gasteiger partial charge on any atom is 0.183 e. The van der Waals surface area contributed by atoms with E-state index in [1.165, 1.54) is 0 Å². The summed E-state index contributed by atoms with van der Waals surface area (Å²) in [7, 11) is 0. The standard InChI is InChI=1S/C27H40O6/c1-9-15(4)21(28)20-22(29)17(12-18-16(14(2)3)10-11-27(18,8)32)24-26(7,23(20)30)13-19(33-24)25(5,6)31/h15-16,18-19,29,31-32H,2,9-13H2,1,3-8H3/t15?,16-,18-,19-,26+,27+/m0/s1. The molecule has 184 valence electrons. The third-order valence-corrected chi connectivity index (χ3v) is 8.28. The molecule has 1 aliphatic heterocycles. The predicted molar refractivity (Wildman–Crippen MR) is 126 cm³/mol. The molecule has 0 bridgehead atoms. The van der Waals surface area contributed by atoms with E-state index in [0.717, 1.165) is 12.0 Å². The van der Waals surface area contributed by atoms with E-state index in [9.17, 15) is 24.9 Å². The Hall–Kier alpha value is -1.92. The summed E-state index contributed by atoms with van der Waals surface area (Å²) < 4.78 is 6.17. The van der Waals surface area contributed by atoms with Crippen molar-refractivity contribution < 1.29 is 29.6 Å². The maximum atomic E-state index is 13.7. The summed E-state index contributed by atoms with van der Waals surface area (Å²) in [5.74, 6) is -1.46. The van der Waals surface area contributed by atoms with Crippen LogP contribution in [0.2, 0.25) is 0 Å². The molecular weight excluding hydrogens is 420 g/mol. The van der Waals surface area contributed by atoms with Crippen LogP contribution in [0.3, 0.4) is 0 Å². The van der Waals surface area contributed by atoms with Gasteiger partial charge in [0.25, 0.3) is 0 Å². The number of ketones is 2. The first-order valence-electron chi connectivity index (χ1n) is 12.1. The van der Waals surface area contributed by atoms with Crippen LogP contribution in [0.5, 0.6) is 0 Å². The van der Waals surface area contributed by atoms with Gasteiger partial charge in [0.05, 0.1) is 16.6 Å². The van der Waals surface area contributed by atoms with Gasteiger partial charge in [-0.15, -0.1) is 0 Å². The van der Waals surface area contributed by atoms with Gasteiger partial charge >= 0.3 is 0 Å². The molecule has 3 N–H and O–H groups in total. The normalized spacial score (nSPS) is 35.5. The molecule has 0 spiro atoms. The average Bonchev–Trinajstić information content (AvgIpc) is 3.22. The lowest BCUT2D eigenvalue weighted by atomic mass is 9.67. The number of aliphatic hydroxyl groups excluding tert-OH is 1. The summed E-state index contributed by atoms with van der Waals surface area (Å²) in [6.45, 7) is 16.4. The van der Waals surface area contributed by atoms with Gasteiger partial charge < -0.3 is 20.1 Å². The van der Waals surface area contributed by atoms with Crippen LogP contribution in [0.25, 0.3) is 0 Å². The van der Waals surface area contributed by atoms with Gasteiger partial charge in [0.1, 0.15) is 23.2 Å². The average molecular weight is 461 g/mol. The lowest BCUT2D eigenvalue weighted by Crippen LogP contribution is -2.40. The lowest BCUT2D eigenvalue weighted by molar-refractivity contribution is -0.128. The number of fused-ring (bicyclic) bond motifs is 1. The molecule has 0 amide bonds. The van der Waals surface area contributed by atoms with E-state index < -0.39 is 34.4 Å². The van der Waals surface area contributed by atoms with Gasteiger partial charge in [0, 0.05) is 17.9 Å². The van der Waals surface area contributed by atoms with Gasteiger partial charge in [-0.05, 0) is 72.1 Å². The molecule has 6 atom stereocenters. The highest BCUT2D eigenvalue weighted by Gasteiger charge is 2.58. The van der Waals surface area contributed by atoms with E-state index in [0.29, 0.717) is 24.2 Å². The fourth-order valence-electron chi connectivity index (χ4n) is 5.70. The number of aliphatic hydroxyl groups is 3. The van der Waals surface area contributed by atoms with Crippen molar-refractivity contribution in [1.82, 2.24) is 0 Å². The first-order chi connectivity index (χ1) is 15.1. The van der Waals surface area contributed by atoms with Crippen LogP contribution < -0.4 is 0 Å². The van der Waals surface area contributed by atoms with Crippen molar-refractivity contribution in [3.8, 4) is 0 Å². The Morgan fingerprint density at radius 1 is 1.33 bits per heavy atom. The van der Waals surface area contributed by atoms with Crippen molar-refractivity contribution >= 4 is 11.6 Å². The van der Waals surface area contributed by atoms with E-state index in [2.05, 4.69) is 6.58 Å². The molecule has 1 unspecified atom stereocenters. The fraction of sp³-hybridized carbons (Fsp3) is 0.704. The Labute approximate surface area is 197 Å². The van der Waals surface area contributed by atoms with Crippen LogP contribution in [-0.2, 0) is 14.3 Å². The zero-order valence-electron chi connectivity index (χ0n) is 21.1. The molecule has 0 aromatic carbocycles. The summed E-state index contributed by atoms with van der Waals surface area (Å²) in [5, 5.41) is 33.2. The molecule has 3 aliphatic rings. The van der Waals surface area contributed by atoms with Crippen LogP contribution in [-0.4, -0.2) is 44.2 Å². The number of allylic oxidation sites excluding steroid dienone is 4. The highest BCUT2D eigenvalue weighted by molar-refractivity contribution is 6.24. The van der Waals surface area contributed by atoms with E-state index in [1.807, 2.05) is 13.8 Å². The largest absolute Gasteiger partial charge is 0.507 e. The Bertz CT molecular complexity index is 931. The molecule has 1 saturated heterocycles. The summed E-state index contributed by atoms with van der Waals surface area (Å²) in [6, 6.07) is 0. The first-order valence-corrected chi connectivity index (χ1v) is 12.1. The predicted octanol–water partition coefficient (Wildman–Crippen LogP) is 4.56. The molecule has 0 aromatic rings. The van der Waals surface area contributed by atoms with E-state index in [-0.39, 0.29) is 41.8 Å². The number of ether oxygens (including phenoxy) is 1. The number of carbonyl (C=O) groups is 2. The number of hydrogen-bond acceptors (Lipinski definition) is 6. The summed E-state index contributed by atoms with van der Waals surface area (Å²) >= 11 is 0. The Morgan fingerprint density at radius 3 is 2.45 bits per heavy atom. The highest BCUT2D eigenvalue weighted by atomic mass is 16.5. The molecule has 0 radical (unpaired) electrons. The zero-order valence-corrected chi connectivity index (χ0v) is 21.1. The number of hydrogen-bond donors (Lipinski definition) is 3. The van der Waals surface area contributed by atoms with Crippen molar-refractivity contribution in [1.29, 1.82) is 0 Å². The van der Waals surface area contributed by atoms with Crippen molar-refractivity contribution in [2.75, 3.05) is 0 Å². The third kappa shape index (κ3) is 4.21. The Balaban J connectivity index is 2.19. The molecule has 3 rings (SSSR count). The van der Waals surface area contributed by atoms with Crippen LogP contribution in [0.4, 0.5) is 0 Å². The smallest absolute Gasteiger partial charge is 0.183 e. The van der Waals surface area contributed by atoms with Crippen LogP contribution in [0.1, 0.15) is 80.6 Å². The molecule has 1 saturated carbocycles. The van der Waals surface area contributed by atoms with Crippen molar-refractivity contribution in [3.63, 3.8) is 0 Å². The molecule has 0 aromatic heterocycles. The minimum Gasteiger partial charge on any atom is -0.507 e. The van der Waals surface area contributed by atoms with Crippen LogP contribution >= 0.6 is 0 Å². The van der Waals surface area contributed by atoms with E-state index >= 15 is 0 Å². The van der Waals surface area contributed by atoms with Crippen molar-refractivity contribution in [3.05, 3.63) is 34.8 Å².